The average molecular weight is 477 g/mol. The van der Waals surface area contributed by atoms with Crippen molar-refractivity contribution in [1.29, 1.82) is 0 Å². The number of carbonyl (C=O) groups is 3. The van der Waals surface area contributed by atoms with Crippen LogP contribution in [0.2, 0.25) is 0 Å². The summed E-state index contributed by atoms with van der Waals surface area (Å²) in [5.41, 5.74) is 4.78. The minimum atomic E-state index is -0.910. The lowest BCUT2D eigenvalue weighted by atomic mass is 9.98. The molecule has 7 nitrogen and oxygen atoms in total. The van der Waals surface area contributed by atoms with Crippen molar-refractivity contribution in [2.75, 3.05) is 19.7 Å². The van der Waals surface area contributed by atoms with Crippen molar-refractivity contribution in [2.24, 2.45) is 11.8 Å². The Labute approximate surface area is 205 Å². The second kappa shape index (κ2) is 10.1. The number of benzene rings is 2. The first-order chi connectivity index (χ1) is 17.0. The molecule has 3 aliphatic rings. The summed E-state index contributed by atoms with van der Waals surface area (Å²) in [7, 11) is 0. The summed E-state index contributed by atoms with van der Waals surface area (Å²) in [5, 5.41) is 12.2. The molecular formula is C28H32N2O5. The summed E-state index contributed by atoms with van der Waals surface area (Å²) in [6, 6.07) is 15.9. The van der Waals surface area contributed by atoms with Crippen LogP contribution >= 0.6 is 0 Å². The van der Waals surface area contributed by atoms with E-state index >= 15 is 0 Å². The summed E-state index contributed by atoms with van der Waals surface area (Å²) >= 11 is 0. The molecule has 2 aromatic carbocycles. The number of hydrogen-bond acceptors (Lipinski definition) is 4. The minimum absolute atomic E-state index is 0.0373. The van der Waals surface area contributed by atoms with E-state index in [4.69, 9.17) is 4.74 Å². The van der Waals surface area contributed by atoms with E-state index < -0.39 is 18.1 Å². The van der Waals surface area contributed by atoms with Crippen LogP contribution in [0.5, 0.6) is 0 Å². The number of fused-ring (bicyclic) bond motifs is 3. The normalized spacial score (nSPS) is 23.1. The number of likely N-dealkylation sites (tertiary alicyclic amines) is 1. The van der Waals surface area contributed by atoms with Crippen LogP contribution in [-0.2, 0) is 14.3 Å². The fraction of sp³-hybridized carbons (Fsp3) is 0.464. The maximum absolute atomic E-state index is 12.6. The number of nitrogens with zero attached hydrogens (tertiary/aromatic N) is 1. The lowest BCUT2D eigenvalue weighted by molar-refractivity contribution is -0.148. The molecule has 0 aromatic heterocycles. The summed E-state index contributed by atoms with van der Waals surface area (Å²) in [6.45, 7) is 1.36. The zero-order valence-corrected chi connectivity index (χ0v) is 19.8. The van der Waals surface area contributed by atoms with E-state index in [1.807, 2.05) is 24.3 Å². The van der Waals surface area contributed by atoms with Gasteiger partial charge in [-0.1, -0.05) is 48.5 Å². The fourth-order valence-electron chi connectivity index (χ4n) is 6.11. The van der Waals surface area contributed by atoms with Gasteiger partial charge in [0.2, 0.25) is 5.91 Å². The zero-order chi connectivity index (χ0) is 24.4. The molecule has 0 spiro atoms. The van der Waals surface area contributed by atoms with Crippen LogP contribution in [0.3, 0.4) is 0 Å². The molecule has 1 saturated heterocycles. The second-order valence-corrected chi connectivity index (χ2v) is 10.0. The van der Waals surface area contributed by atoms with Crippen LogP contribution in [0.25, 0.3) is 11.1 Å². The molecule has 184 valence electrons. The van der Waals surface area contributed by atoms with Crippen LogP contribution in [0.1, 0.15) is 55.6 Å². The molecule has 2 unspecified atom stereocenters. The second-order valence-electron chi connectivity index (χ2n) is 10.0. The highest BCUT2D eigenvalue weighted by atomic mass is 16.5. The Morgan fingerprint density at radius 2 is 1.60 bits per heavy atom. The Hall–Kier alpha value is -3.35. The molecule has 5 rings (SSSR count). The average Bonchev–Trinajstić information content (AvgIpc) is 3.59. The van der Waals surface area contributed by atoms with Crippen LogP contribution in [0.4, 0.5) is 4.79 Å². The van der Waals surface area contributed by atoms with E-state index in [1.54, 1.807) is 0 Å². The van der Waals surface area contributed by atoms with E-state index in [0.29, 0.717) is 38.5 Å². The van der Waals surface area contributed by atoms with Crippen LogP contribution in [0.15, 0.2) is 48.5 Å². The maximum Gasteiger partial charge on any atom is 0.407 e. The lowest BCUT2D eigenvalue weighted by Crippen LogP contribution is -2.41. The first kappa shape index (κ1) is 23.4. The lowest BCUT2D eigenvalue weighted by Gasteiger charge is -2.23. The summed E-state index contributed by atoms with van der Waals surface area (Å²) in [4.78, 5) is 38.0. The summed E-state index contributed by atoms with van der Waals surface area (Å²) in [5.74, 6) is -0.373. The maximum atomic E-state index is 12.6. The topological polar surface area (TPSA) is 95.9 Å². The predicted octanol–water partition coefficient (Wildman–Crippen LogP) is 4.41. The Balaban J connectivity index is 1.08. The molecular weight excluding hydrogens is 444 g/mol. The molecule has 1 saturated carbocycles. The Morgan fingerprint density at radius 1 is 0.943 bits per heavy atom. The quantitative estimate of drug-likeness (QED) is 0.617. The van der Waals surface area contributed by atoms with Crippen molar-refractivity contribution in [2.45, 2.75) is 50.5 Å². The Morgan fingerprint density at radius 3 is 2.29 bits per heavy atom. The number of aliphatic carboxylic acids is 1. The number of rotatable bonds is 7. The molecule has 3 atom stereocenters. The van der Waals surface area contributed by atoms with Crippen molar-refractivity contribution in [3.63, 3.8) is 0 Å². The highest BCUT2D eigenvalue weighted by Crippen LogP contribution is 2.44. The van der Waals surface area contributed by atoms with Crippen molar-refractivity contribution in [3.05, 3.63) is 59.7 Å². The number of nitrogens with one attached hydrogen (secondary N) is 1. The van der Waals surface area contributed by atoms with Gasteiger partial charge in [-0.2, -0.15) is 0 Å². The van der Waals surface area contributed by atoms with Gasteiger partial charge in [-0.05, 0) is 66.2 Å². The Kier molecular flexibility index (Phi) is 6.75. The molecule has 2 aromatic rings. The Bertz CT molecular complexity index is 1070. The van der Waals surface area contributed by atoms with Crippen molar-refractivity contribution >= 4 is 18.0 Å². The van der Waals surface area contributed by atoms with E-state index in [-0.39, 0.29) is 17.7 Å². The van der Waals surface area contributed by atoms with Gasteiger partial charge in [0.25, 0.3) is 0 Å². The molecule has 2 N–H and O–H groups in total. The predicted molar refractivity (Wildman–Crippen MR) is 131 cm³/mol. The molecule has 2 fully saturated rings. The highest BCUT2D eigenvalue weighted by Gasteiger charge is 2.36. The minimum Gasteiger partial charge on any atom is -0.480 e. The van der Waals surface area contributed by atoms with Gasteiger partial charge in [-0.25, -0.2) is 9.59 Å². The van der Waals surface area contributed by atoms with E-state index in [0.717, 1.165) is 25.7 Å². The van der Waals surface area contributed by atoms with Gasteiger partial charge >= 0.3 is 12.1 Å². The molecule has 1 heterocycles. The molecule has 2 aliphatic carbocycles. The van der Waals surface area contributed by atoms with E-state index in [2.05, 4.69) is 29.6 Å². The van der Waals surface area contributed by atoms with Gasteiger partial charge < -0.3 is 20.1 Å². The monoisotopic (exact) mass is 476 g/mol. The van der Waals surface area contributed by atoms with Gasteiger partial charge in [-0.3, -0.25) is 4.79 Å². The van der Waals surface area contributed by atoms with Crippen molar-refractivity contribution < 1.29 is 24.2 Å². The number of carbonyl (C=O) groups excluding carboxylic acids is 2. The van der Waals surface area contributed by atoms with Gasteiger partial charge in [0.1, 0.15) is 12.6 Å². The van der Waals surface area contributed by atoms with Crippen molar-refractivity contribution in [1.82, 2.24) is 10.2 Å². The molecule has 35 heavy (non-hydrogen) atoms. The largest absolute Gasteiger partial charge is 0.480 e. The van der Waals surface area contributed by atoms with Crippen LogP contribution in [-0.4, -0.2) is 53.7 Å². The number of ether oxygens (including phenoxy) is 1. The van der Waals surface area contributed by atoms with E-state index in [1.165, 1.54) is 27.2 Å². The highest BCUT2D eigenvalue weighted by molar-refractivity contribution is 5.84. The standard InChI is InChI=1S/C28H32N2O5/c31-26(30-13-5-10-25(30)27(32)33)15-18-11-12-19(14-18)16-29-28(34)35-17-24-22-8-3-1-6-20(22)21-7-2-4-9-23(21)24/h1-4,6-9,18-19,24-25H,5,10-17H2,(H,29,34)(H,32,33)/t18?,19?,25-/m1/s1. The van der Waals surface area contributed by atoms with Gasteiger partial charge in [0.15, 0.2) is 0 Å². The number of alkyl carbamates (subject to hydrolysis) is 1. The fourth-order valence-corrected chi connectivity index (χ4v) is 6.11. The van der Waals surface area contributed by atoms with E-state index in [9.17, 15) is 19.5 Å². The molecule has 2 amide bonds. The number of amides is 2. The smallest absolute Gasteiger partial charge is 0.407 e. The summed E-state index contributed by atoms with van der Waals surface area (Å²) < 4.78 is 5.63. The molecule has 0 bridgehead atoms. The van der Waals surface area contributed by atoms with Crippen molar-refractivity contribution in [3.8, 4) is 11.1 Å². The molecule has 1 aliphatic heterocycles. The third kappa shape index (κ3) is 4.90. The zero-order valence-electron chi connectivity index (χ0n) is 19.8. The van der Waals surface area contributed by atoms with Gasteiger partial charge in [-0.15, -0.1) is 0 Å². The molecule has 7 heteroatoms. The van der Waals surface area contributed by atoms with Gasteiger partial charge in [0.05, 0.1) is 0 Å². The first-order valence-electron chi connectivity index (χ1n) is 12.6. The number of carboxylic acid groups (broad SMARTS) is 1. The van der Waals surface area contributed by atoms with Crippen LogP contribution < -0.4 is 5.32 Å². The number of hydrogen-bond donors (Lipinski definition) is 2. The SMILES string of the molecule is O=C(NCC1CCC(CC(=O)N2CCC[C@@H]2C(=O)O)C1)OCC1c2ccccc2-c2ccccc21. The summed E-state index contributed by atoms with van der Waals surface area (Å²) in [6.07, 6.45) is 4.01. The third-order valence-corrected chi connectivity index (χ3v) is 7.85. The van der Waals surface area contributed by atoms with Gasteiger partial charge in [0, 0.05) is 25.4 Å². The molecule has 0 radical (unpaired) electrons. The number of carboxylic acids is 1. The first-order valence-corrected chi connectivity index (χ1v) is 12.6. The van der Waals surface area contributed by atoms with Crippen LogP contribution in [0, 0.1) is 11.8 Å². The third-order valence-electron chi connectivity index (χ3n) is 7.85.